The summed E-state index contributed by atoms with van der Waals surface area (Å²) in [5.74, 6) is 1.90. The lowest BCUT2D eigenvalue weighted by Crippen LogP contribution is -2.00. The van der Waals surface area contributed by atoms with E-state index in [0.717, 1.165) is 22.0 Å². The van der Waals surface area contributed by atoms with E-state index in [0.29, 0.717) is 17.4 Å². The van der Waals surface area contributed by atoms with Gasteiger partial charge in [-0.05, 0) is 17.7 Å². The molecular formula is C19H18BrNO3. The van der Waals surface area contributed by atoms with Crippen LogP contribution in [0.1, 0.15) is 16.0 Å². The predicted octanol–water partition coefficient (Wildman–Crippen LogP) is 4.74. The molecule has 0 saturated carbocycles. The van der Waals surface area contributed by atoms with Gasteiger partial charge in [0.2, 0.25) is 5.88 Å². The van der Waals surface area contributed by atoms with Crippen molar-refractivity contribution in [1.29, 1.82) is 0 Å². The zero-order chi connectivity index (χ0) is 17.1. The largest absolute Gasteiger partial charge is 0.493 e. The van der Waals surface area contributed by atoms with Crippen LogP contribution in [0.25, 0.3) is 10.9 Å². The molecule has 0 aliphatic heterocycles. The fraction of sp³-hybridized carbons (Fsp3) is 0.211. The van der Waals surface area contributed by atoms with Gasteiger partial charge in [0.15, 0.2) is 11.5 Å². The predicted molar refractivity (Wildman–Crippen MR) is 98.6 cm³/mol. The second-order valence-electron chi connectivity index (χ2n) is 5.26. The molecule has 0 aliphatic carbocycles. The lowest BCUT2D eigenvalue weighted by atomic mass is 10.0. The first-order valence-electron chi connectivity index (χ1n) is 7.47. The van der Waals surface area contributed by atoms with Gasteiger partial charge in [-0.15, -0.1) is 0 Å². The Hall–Kier alpha value is -2.27. The summed E-state index contributed by atoms with van der Waals surface area (Å²) < 4.78 is 16.3. The number of aromatic nitrogens is 1. The van der Waals surface area contributed by atoms with Crippen LogP contribution in [-0.4, -0.2) is 26.3 Å². The molecule has 1 heterocycles. The molecule has 124 valence electrons. The SMILES string of the molecule is COc1cc2cc(C(Br)c3ccccc3)c(OC)nc2cc1OC. The van der Waals surface area contributed by atoms with Gasteiger partial charge in [0, 0.05) is 17.0 Å². The molecule has 2 aromatic carbocycles. The third kappa shape index (κ3) is 3.04. The number of fused-ring (bicyclic) bond motifs is 1. The molecule has 24 heavy (non-hydrogen) atoms. The molecule has 1 unspecified atom stereocenters. The van der Waals surface area contributed by atoms with Gasteiger partial charge in [0.25, 0.3) is 0 Å². The number of methoxy groups -OCH3 is 3. The summed E-state index contributed by atoms with van der Waals surface area (Å²) in [6, 6.07) is 16.0. The van der Waals surface area contributed by atoms with E-state index in [1.807, 2.05) is 30.3 Å². The zero-order valence-corrected chi connectivity index (χ0v) is 15.3. The quantitative estimate of drug-likeness (QED) is 0.592. The third-order valence-corrected chi connectivity index (χ3v) is 4.89. The van der Waals surface area contributed by atoms with Crippen LogP contribution < -0.4 is 14.2 Å². The average Bonchev–Trinajstić information content (AvgIpc) is 2.65. The monoisotopic (exact) mass is 387 g/mol. The number of hydrogen-bond donors (Lipinski definition) is 0. The van der Waals surface area contributed by atoms with E-state index in [-0.39, 0.29) is 4.83 Å². The topological polar surface area (TPSA) is 40.6 Å². The molecule has 4 nitrogen and oxygen atoms in total. The molecule has 0 N–H and O–H groups in total. The Morgan fingerprint density at radius 1 is 0.875 bits per heavy atom. The number of hydrogen-bond acceptors (Lipinski definition) is 4. The summed E-state index contributed by atoms with van der Waals surface area (Å²) >= 11 is 3.76. The number of rotatable bonds is 5. The smallest absolute Gasteiger partial charge is 0.218 e. The van der Waals surface area contributed by atoms with Crippen molar-refractivity contribution in [3.8, 4) is 17.4 Å². The summed E-state index contributed by atoms with van der Waals surface area (Å²) in [5.41, 5.74) is 2.89. The Morgan fingerprint density at radius 3 is 2.17 bits per heavy atom. The van der Waals surface area contributed by atoms with Crippen LogP contribution in [0, 0.1) is 0 Å². The molecule has 5 heteroatoms. The zero-order valence-electron chi connectivity index (χ0n) is 13.7. The number of nitrogens with zero attached hydrogens (tertiary/aromatic N) is 1. The van der Waals surface area contributed by atoms with Crippen LogP contribution in [-0.2, 0) is 0 Å². The molecular weight excluding hydrogens is 370 g/mol. The van der Waals surface area contributed by atoms with E-state index in [2.05, 4.69) is 39.1 Å². The summed E-state index contributed by atoms with van der Waals surface area (Å²) in [6.07, 6.45) is 0. The van der Waals surface area contributed by atoms with Crippen molar-refractivity contribution in [3.05, 3.63) is 59.7 Å². The Kier molecular flexibility index (Phi) is 4.90. The number of ether oxygens (including phenoxy) is 3. The first-order chi connectivity index (χ1) is 11.7. The standard InChI is InChI=1S/C19H18BrNO3/c1-22-16-10-13-9-14(18(20)12-7-5-4-6-8-12)19(24-3)21-15(13)11-17(16)23-2/h4-11,18H,1-3H3. The number of alkyl halides is 1. The summed E-state index contributed by atoms with van der Waals surface area (Å²) in [4.78, 5) is 4.62. The van der Waals surface area contributed by atoms with E-state index in [9.17, 15) is 0 Å². The minimum absolute atomic E-state index is 0.0151. The molecule has 0 amide bonds. The lowest BCUT2D eigenvalue weighted by Gasteiger charge is -2.16. The lowest BCUT2D eigenvalue weighted by molar-refractivity contribution is 0.355. The molecule has 0 fully saturated rings. The fourth-order valence-electron chi connectivity index (χ4n) is 2.65. The molecule has 0 spiro atoms. The van der Waals surface area contributed by atoms with E-state index >= 15 is 0 Å². The van der Waals surface area contributed by atoms with Gasteiger partial charge >= 0.3 is 0 Å². The van der Waals surface area contributed by atoms with Crippen molar-refractivity contribution in [2.24, 2.45) is 0 Å². The van der Waals surface area contributed by atoms with E-state index < -0.39 is 0 Å². The second-order valence-corrected chi connectivity index (χ2v) is 6.18. The molecule has 0 bridgehead atoms. The van der Waals surface area contributed by atoms with Crippen LogP contribution in [0.3, 0.4) is 0 Å². The van der Waals surface area contributed by atoms with Crippen molar-refractivity contribution in [2.45, 2.75) is 4.83 Å². The summed E-state index contributed by atoms with van der Waals surface area (Å²) in [6.45, 7) is 0. The highest BCUT2D eigenvalue weighted by Gasteiger charge is 2.18. The van der Waals surface area contributed by atoms with Gasteiger partial charge in [0.05, 0.1) is 31.7 Å². The highest BCUT2D eigenvalue weighted by Crippen LogP contribution is 2.39. The summed E-state index contributed by atoms with van der Waals surface area (Å²) in [7, 11) is 4.86. The molecule has 3 rings (SSSR count). The Bertz CT molecular complexity index is 852. The molecule has 0 aliphatic rings. The third-order valence-electron chi connectivity index (χ3n) is 3.87. The molecule has 1 atom stereocenters. The Labute approximate surface area is 149 Å². The van der Waals surface area contributed by atoms with Crippen molar-refractivity contribution in [3.63, 3.8) is 0 Å². The Morgan fingerprint density at radius 2 is 1.54 bits per heavy atom. The van der Waals surface area contributed by atoms with Crippen molar-refractivity contribution < 1.29 is 14.2 Å². The first-order valence-corrected chi connectivity index (χ1v) is 8.39. The Balaban J connectivity index is 2.17. The number of halogens is 1. The highest BCUT2D eigenvalue weighted by atomic mass is 79.9. The molecule has 0 radical (unpaired) electrons. The van der Waals surface area contributed by atoms with E-state index in [1.54, 1.807) is 21.3 Å². The van der Waals surface area contributed by atoms with Gasteiger partial charge in [0.1, 0.15) is 0 Å². The van der Waals surface area contributed by atoms with Crippen LogP contribution in [0.15, 0.2) is 48.5 Å². The highest BCUT2D eigenvalue weighted by molar-refractivity contribution is 9.09. The van der Waals surface area contributed by atoms with Crippen molar-refractivity contribution in [1.82, 2.24) is 4.98 Å². The second kappa shape index (κ2) is 7.09. The van der Waals surface area contributed by atoms with Crippen LogP contribution in [0.2, 0.25) is 0 Å². The van der Waals surface area contributed by atoms with Crippen LogP contribution >= 0.6 is 15.9 Å². The van der Waals surface area contributed by atoms with Gasteiger partial charge < -0.3 is 14.2 Å². The normalized spacial score (nSPS) is 12.0. The van der Waals surface area contributed by atoms with E-state index in [4.69, 9.17) is 14.2 Å². The fourth-order valence-corrected chi connectivity index (χ4v) is 3.28. The maximum atomic E-state index is 5.51. The van der Waals surface area contributed by atoms with Gasteiger partial charge in [-0.1, -0.05) is 46.3 Å². The molecule has 0 saturated heterocycles. The first kappa shape index (κ1) is 16.6. The van der Waals surface area contributed by atoms with Gasteiger partial charge in [-0.2, -0.15) is 0 Å². The van der Waals surface area contributed by atoms with Gasteiger partial charge in [-0.25, -0.2) is 4.98 Å². The minimum atomic E-state index is -0.0151. The van der Waals surface area contributed by atoms with E-state index in [1.165, 1.54) is 0 Å². The summed E-state index contributed by atoms with van der Waals surface area (Å²) in [5, 5.41) is 0.962. The van der Waals surface area contributed by atoms with Gasteiger partial charge in [-0.3, -0.25) is 0 Å². The number of pyridine rings is 1. The minimum Gasteiger partial charge on any atom is -0.493 e. The number of benzene rings is 2. The van der Waals surface area contributed by atoms with Crippen LogP contribution in [0.5, 0.6) is 17.4 Å². The van der Waals surface area contributed by atoms with Crippen LogP contribution in [0.4, 0.5) is 0 Å². The maximum absolute atomic E-state index is 5.51. The average molecular weight is 388 g/mol. The molecule has 3 aromatic rings. The van der Waals surface area contributed by atoms with Crippen molar-refractivity contribution >= 4 is 26.8 Å². The maximum Gasteiger partial charge on any atom is 0.218 e. The molecule has 1 aromatic heterocycles. The van der Waals surface area contributed by atoms with Crippen molar-refractivity contribution in [2.75, 3.05) is 21.3 Å².